The van der Waals surface area contributed by atoms with Gasteiger partial charge in [-0.25, -0.2) is 4.79 Å². The molecule has 1 aliphatic heterocycles. The van der Waals surface area contributed by atoms with E-state index < -0.39 is 11.2 Å². The van der Waals surface area contributed by atoms with Gasteiger partial charge in [-0.2, -0.15) is 0 Å². The first-order chi connectivity index (χ1) is 12.4. The molecule has 1 amide bonds. The molecule has 0 spiro atoms. The molecule has 8 heteroatoms. The van der Waals surface area contributed by atoms with Gasteiger partial charge in [-0.15, -0.1) is 0 Å². The van der Waals surface area contributed by atoms with Gasteiger partial charge in [0.2, 0.25) is 5.91 Å². The number of H-pyrrole nitrogens is 1. The summed E-state index contributed by atoms with van der Waals surface area (Å²) in [5.74, 6) is 1.14. The van der Waals surface area contributed by atoms with Crippen molar-refractivity contribution in [2.24, 2.45) is 5.92 Å². The second-order valence-corrected chi connectivity index (χ2v) is 6.43. The van der Waals surface area contributed by atoms with Crippen LogP contribution in [0.15, 0.2) is 40.1 Å². The van der Waals surface area contributed by atoms with Crippen LogP contribution in [0.2, 0.25) is 0 Å². The lowest BCUT2D eigenvalue weighted by Crippen LogP contribution is -2.38. The number of amides is 1. The molecule has 1 atom stereocenters. The highest BCUT2D eigenvalue weighted by atomic mass is 16.6. The number of nitrogens with one attached hydrogen (secondary N) is 2. The van der Waals surface area contributed by atoms with Crippen molar-refractivity contribution < 1.29 is 14.3 Å². The minimum Gasteiger partial charge on any atom is -0.486 e. The van der Waals surface area contributed by atoms with E-state index in [1.54, 1.807) is 0 Å². The van der Waals surface area contributed by atoms with Crippen LogP contribution in [0.1, 0.15) is 25.5 Å². The summed E-state index contributed by atoms with van der Waals surface area (Å²) in [6.07, 6.45) is 1.30. The van der Waals surface area contributed by atoms with Crippen LogP contribution in [0, 0.1) is 5.92 Å². The second kappa shape index (κ2) is 7.47. The van der Waals surface area contributed by atoms with Gasteiger partial charge in [0.15, 0.2) is 11.5 Å². The number of benzene rings is 1. The van der Waals surface area contributed by atoms with Gasteiger partial charge in [-0.1, -0.05) is 19.9 Å². The Labute approximate surface area is 149 Å². The summed E-state index contributed by atoms with van der Waals surface area (Å²) < 4.78 is 12.3. The van der Waals surface area contributed by atoms with Gasteiger partial charge in [0.25, 0.3) is 5.56 Å². The van der Waals surface area contributed by atoms with Crippen LogP contribution in [0.25, 0.3) is 0 Å². The molecule has 1 aliphatic rings. The van der Waals surface area contributed by atoms with Crippen LogP contribution < -0.4 is 26.0 Å². The van der Waals surface area contributed by atoms with Crippen LogP contribution in [-0.4, -0.2) is 28.7 Å². The molecular formula is C18H21N3O5. The number of carbonyl (C=O) groups is 1. The lowest BCUT2D eigenvalue weighted by molar-refractivity contribution is -0.122. The summed E-state index contributed by atoms with van der Waals surface area (Å²) in [4.78, 5) is 37.4. The topological polar surface area (TPSA) is 102 Å². The highest BCUT2D eigenvalue weighted by Crippen LogP contribution is 2.34. The average Bonchev–Trinajstić information content (AvgIpc) is 2.61. The van der Waals surface area contributed by atoms with Crippen LogP contribution >= 0.6 is 0 Å². The third-order valence-corrected chi connectivity index (χ3v) is 4.12. The molecule has 2 aromatic rings. The number of carbonyl (C=O) groups excluding carboxylic acids is 1. The highest BCUT2D eigenvalue weighted by Gasteiger charge is 2.21. The van der Waals surface area contributed by atoms with Crippen molar-refractivity contribution in [2.75, 3.05) is 13.2 Å². The van der Waals surface area contributed by atoms with E-state index in [1.165, 1.54) is 12.3 Å². The van der Waals surface area contributed by atoms with Gasteiger partial charge in [0.1, 0.15) is 19.8 Å². The molecule has 0 aliphatic carbocycles. The van der Waals surface area contributed by atoms with Crippen LogP contribution in [0.5, 0.6) is 11.5 Å². The zero-order chi connectivity index (χ0) is 18.7. The fourth-order valence-electron chi connectivity index (χ4n) is 2.83. The Morgan fingerprint density at radius 3 is 2.62 bits per heavy atom. The maximum Gasteiger partial charge on any atom is 0.328 e. The summed E-state index contributed by atoms with van der Waals surface area (Å²) in [6, 6.07) is 6.54. The molecule has 0 radical (unpaired) electrons. The molecule has 0 bridgehead atoms. The molecule has 0 saturated heterocycles. The maximum absolute atomic E-state index is 12.4. The summed E-state index contributed by atoms with van der Waals surface area (Å²) >= 11 is 0. The van der Waals surface area contributed by atoms with Crippen molar-refractivity contribution >= 4 is 5.91 Å². The number of aromatic nitrogens is 2. The molecule has 26 heavy (non-hydrogen) atoms. The van der Waals surface area contributed by atoms with Crippen molar-refractivity contribution in [2.45, 2.75) is 26.4 Å². The minimum atomic E-state index is -0.618. The van der Waals surface area contributed by atoms with Crippen molar-refractivity contribution in [1.29, 1.82) is 0 Å². The average molecular weight is 359 g/mol. The normalized spacial score (nSPS) is 14.1. The van der Waals surface area contributed by atoms with E-state index in [0.717, 1.165) is 10.1 Å². The van der Waals surface area contributed by atoms with Crippen LogP contribution in [0.4, 0.5) is 0 Å². The summed E-state index contributed by atoms with van der Waals surface area (Å²) in [5.41, 5.74) is -0.220. The fraction of sp³-hybridized carbons (Fsp3) is 0.389. The third kappa shape index (κ3) is 3.96. The third-order valence-electron chi connectivity index (χ3n) is 4.12. The maximum atomic E-state index is 12.4. The first kappa shape index (κ1) is 17.8. The zero-order valence-corrected chi connectivity index (χ0v) is 14.7. The summed E-state index contributed by atoms with van der Waals surface area (Å²) in [7, 11) is 0. The number of aromatic amines is 1. The molecule has 3 rings (SSSR count). The monoisotopic (exact) mass is 359 g/mol. The Hall–Kier alpha value is -3.03. The molecular weight excluding hydrogens is 338 g/mol. The van der Waals surface area contributed by atoms with E-state index in [2.05, 4.69) is 10.3 Å². The van der Waals surface area contributed by atoms with E-state index >= 15 is 0 Å². The van der Waals surface area contributed by atoms with Crippen molar-refractivity contribution in [3.63, 3.8) is 0 Å². The fourth-order valence-corrected chi connectivity index (χ4v) is 2.83. The lowest BCUT2D eigenvalue weighted by Gasteiger charge is -2.25. The minimum absolute atomic E-state index is 0.119. The first-order valence-electron chi connectivity index (χ1n) is 8.42. The molecule has 8 nitrogen and oxygen atoms in total. The van der Waals surface area contributed by atoms with Gasteiger partial charge in [-0.3, -0.25) is 19.1 Å². The van der Waals surface area contributed by atoms with Crippen LogP contribution in [-0.2, 0) is 11.3 Å². The smallest absolute Gasteiger partial charge is 0.328 e. The molecule has 2 N–H and O–H groups in total. The van der Waals surface area contributed by atoms with Crippen molar-refractivity contribution in [1.82, 2.24) is 14.9 Å². The first-order valence-corrected chi connectivity index (χ1v) is 8.42. The summed E-state index contributed by atoms with van der Waals surface area (Å²) in [5, 5.41) is 2.94. The Bertz CT molecular complexity index is 916. The van der Waals surface area contributed by atoms with E-state index in [-0.39, 0.29) is 24.4 Å². The molecule has 138 valence electrons. The summed E-state index contributed by atoms with van der Waals surface area (Å²) in [6.45, 7) is 4.82. The van der Waals surface area contributed by atoms with E-state index in [1.807, 2.05) is 32.0 Å². The van der Waals surface area contributed by atoms with Crippen molar-refractivity contribution in [3.8, 4) is 11.5 Å². The van der Waals surface area contributed by atoms with Gasteiger partial charge in [-0.05, 0) is 23.6 Å². The van der Waals surface area contributed by atoms with Gasteiger partial charge in [0.05, 0.1) is 6.04 Å². The van der Waals surface area contributed by atoms with Crippen molar-refractivity contribution in [3.05, 3.63) is 56.9 Å². The lowest BCUT2D eigenvalue weighted by atomic mass is 9.95. The van der Waals surface area contributed by atoms with E-state index in [0.29, 0.717) is 24.7 Å². The predicted octanol–water partition coefficient (Wildman–Crippen LogP) is 0.821. The van der Waals surface area contributed by atoms with Crippen LogP contribution in [0.3, 0.4) is 0 Å². The molecule has 1 aromatic carbocycles. The molecule has 1 unspecified atom stereocenters. The molecule has 0 fully saturated rings. The Morgan fingerprint density at radius 2 is 1.92 bits per heavy atom. The number of rotatable bonds is 5. The predicted molar refractivity (Wildman–Crippen MR) is 94.5 cm³/mol. The number of fused-ring (bicyclic) bond motifs is 1. The Balaban J connectivity index is 1.77. The molecule has 2 heterocycles. The standard InChI is InChI=1S/C18H21N3O5/c1-11(2)17(12-3-4-13-14(9-12)26-8-7-25-13)19-16(23)10-21-6-5-15(22)20-18(21)24/h3-6,9,11,17H,7-8,10H2,1-2H3,(H,19,23)(H,20,22,24). The van der Waals surface area contributed by atoms with Gasteiger partial charge in [0, 0.05) is 12.3 Å². The zero-order valence-electron chi connectivity index (χ0n) is 14.7. The molecule has 1 aromatic heterocycles. The number of ether oxygens (including phenoxy) is 2. The Kier molecular flexibility index (Phi) is 5.11. The van der Waals surface area contributed by atoms with Gasteiger partial charge < -0.3 is 14.8 Å². The second-order valence-electron chi connectivity index (χ2n) is 6.43. The number of hydrogen-bond acceptors (Lipinski definition) is 5. The Morgan fingerprint density at radius 1 is 1.19 bits per heavy atom. The number of hydrogen-bond donors (Lipinski definition) is 2. The molecule has 0 saturated carbocycles. The quantitative estimate of drug-likeness (QED) is 0.823. The SMILES string of the molecule is CC(C)C(NC(=O)Cn1ccc(=O)[nH]c1=O)c1ccc2c(c1)OCCO2. The highest BCUT2D eigenvalue weighted by molar-refractivity contribution is 5.76. The largest absolute Gasteiger partial charge is 0.486 e. The van der Waals surface area contributed by atoms with E-state index in [4.69, 9.17) is 9.47 Å². The van der Waals surface area contributed by atoms with E-state index in [9.17, 15) is 14.4 Å². The number of nitrogens with zero attached hydrogens (tertiary/aromatic N) is 1. The van der Waals surface area contributed by atoms with Gasteiger partial charge >= 0.3 is 5.69 Å².